The van der Waals surface area contributed by atoms with Gasteiger partial charge in [-0.2, -0.15) is 0 Å². The third kappa shape index (κ3) is 7.14. The van der Waals surface area contributed by atoms with Gasteiger partial charge in [-0.1, -0.05) is 24.3 Å². The van der Waals surface area contributed by atoms with E-state index in [4.69, 9.17) is 18.9 Å². The van der Waals surface area contributed by atoms with Gasteiger partial charge in [0, 0.05) is 47.0 Å². The van der Waals surface area contributed by atoms with Crippen molar-refractivity contribution < 1.29 is 18.9 Å². The molecular formula is C25H35N3O4. The number of likely N-dealkylation sites (tertiary alicyclic amines) is 1. The normalized spacial score (nSPS) is 15.0. The van der Waals surface area contributed by atoms with Gasteiger partial charge in [0.1, 0.15) is 5.75 Å². The smallest absolute Gasteiger partial charge is 0.193 e. The molecule has 1 aliphatic heterocycles. The van der Waals surface area contributed by atoms with Gasteiger partial charge in [0.15, 0.2) is 17.5 Å². The number of ether oxygens (including phenoxy) is 4. The minimum atomic E-state index is 0.331. The van der Waals surface area contributed by atoms with Gasteiger partial charge in [0.05, 0.1) is 13.2 Å². The van der Waals surface area contributed by atoms with E-state index in [9.17, 15) is 0 Å². The summed E-state index contributed by atoms with van der Waals surface area (Å²) in [6.07, 6.45) is 3.31. The van der Waals surface area contributed by atoms with Crippen molar-refractivity contribution in [2.45, 2.75) is 31.9 Å². The van der Waals surface area contributed by atoms with Gasteiger partial charge in [0.2, 0.25) is 0 Å². The number of para-hydroxylation sites is 2. The average Bonchev–Trinajstić information content (AvgIpc) is 2.84. The fourth-order valence-electron chi connectivity index (χ4n) is 3.71. The SMILES string of the molecule is CN=C(NCc1ccc(Oc2ccccc2OC)cc1)N1CCC(OCCCOC)CC1. The summed E-state index contributed by atoms with van der Waals surface area (Å²) in [4.78, 5) is 6.77. The van der Waals surface area contributed by atoms with Crippen molar-refractivity contribution in [1.29, 1.82) is 0 Å². The van der Waals surface area contributed by atoms with Crippen LogP contribution in [0.25, 0.3) is 0 Å². The van der Waals surface area contributed by atoms with E-state index in [1.165, 1.54) is 0 Å². The molecule has 1 heterocycles. The largest absolute Gasteiger partial charge is 0.493 e. The Bertz CT molecular complexity index is 833. The predicted octanol–water partition coefficient (Wildman–Crippen LogP) is 4.08. The van der Waals surface area contributed by atoms with Gasteiger partial charge in [-0.25, -0.2) is 0 Å². The van der Waals surface area contributed by atoms with E-state index in [0.29, 0.717) is 24.1 Å². The minimum absolute atomic E-state index is 0.331. The number of piperidine rings is 1. The van der Waals surface area contributed by atoms with Crippen LogP contribution in [-0.4, -0.2) is 64.5 Å². The summed E-state index contributed by atoms with van der Waals surface area (Å²) >= 11 is 0. The Labute approximate surface area is 191 Å². The summed E-state index contributed by atoms with van der Waals surface area (Å²) in [6.45, 7) is 4.11. The standard InChI is InChI=1S/C25H35N3O4/c1-26-25(28-15-13-21(14-16-28)31-18-6-17-29-2)27-19-20-9-11-22(12-10-20)32-24-8-5-4-7-23(24)30-3/h4-5,7-12,21H,6,13-19H2,1-3H3,(H,26,27). The van der Waals surface area contributed by atoms with Crippen LogP contribution in [0.15, 0.2) is 53.5 Å². The number of rotatable bonds is 10. The molecule has 0 bridgehead atoms. The molecule has 0 atom stereocenters. The van der Waals surface area contributed by atoms with Crippen LogP contribution in [0.1, 0.15) is 24.8 Å². The van der Waals surface area contributed by atoms with Crippen molar-refractivity contribution >= 4 is 5.96 Å². The van der Waals surface area contributed by atoms with Gasteiger partial charge in [-0.05, 0) is 49.1 Å². The first-order valence-corrected chi connectivity index (χ1v) is 11.2. The van der Waals surface area contributed by atoms with Crippen molar-refractivity contribution in [3.8, 4) is 17.2 Å². The topological polar surface area (TPSA) is 64.6 Å². The molecule has 1 fully saturated rings. The Morgan fingerprint density at radius 1 is 1.00 bits per heavy atom. The van der Waals surface area contributed by atoms with E-state index in [1.807, 2.05) is 43.4 Å². The summed E-state index contributed by atoms with van der Waals surface area (Å²) < 4.78 is 22.3. The highest BCUT2D eigenvalue weighted by Gasteiger charge is 2.21. The lowest BCUT2D eigenvalue weighted by molar-refractivity contribution is 0.00989. The second-order valence-electron chi connectivity index (χ2n) is 7.70. The van der Waals surface area contributed by atoms with E-state index >= 15 is 0 Å². The zero-order chi connectivity index (χ0) is 22.6. The zero-order valence-electron chi connectivity index (χ0n) is 19.4. The second-order valence-corrected chi connectivity index (χ2v) is 7.70. The second kappa shape index (κ2) is 12.9. The molecule has 0 saturated carbocycles. The molecule has 3 rings (SSSR count). The first-order valence-electron chi connectivity index (χ1n) is 11.2. The van der Waals surface area contributed by atoms with E-state index < -0.39 is 0 Å². The molecule has 0 aliphatic carbocycles. The molecule has 7 nitrogen and oxygen atoms in total. The molecule has 0 aromatic heterocycles. The first kappa shape index (κ1) is 23.9. The molecule has 2 aromatic rings. The number of hydrogen-bond donors (Lipinski definition) is 1. The van der Waals surface area contributed by atoms with Crippen LogP contribution in [-0.2, 0) is 16.0 Å². The van der Waals surface area contributed by atoms with Crippen LogP contribution in [0.4, 0.5) is 0 Å². The number of hydrogen-bond acceptors (Lipinski definition) is 5. The fourth-order valence-corrected chi connectivity index (χ4v) is 3.71. The Morgan fingerprint density at radius 2 is 1.72 bits per heavy atom. The van der Waals surface area contributed by atoms with Gasteiger partial charge >= 0.3 is 0 Å². The number of nitrogens with one attached hydrogen (secondary N) is 1. The van der Waals surface area contributed by atoms with Crippen LogP contribution < -0.4 is 14.8 Å². The van der Waals surface area contributed by atoms with Crippen molar-refractivity contribution in [1.82, 2.24) is 10.2 Å². The molecule has 7 heteroatoms. The Morgan fingerprint density at radius 3 is 2.38 bits per heavy atom. The molecule has 1 N–H and O–H groups in total. The van der Waals surface area contributed by atoms with Crippen molar-refractivity contribution in [2.75, 3.05) is 47.6 Å². The number of benzene rings is 2. The third-order valence-electron chi connectivity index (χ3n) is 5.47. The molecule has 0 radical (unpaired) electrons. The Kier molecular flexibility index (Phi) is 9.65. The molecule has 0 unspecified atom stereocenters. The van der Waals surface area contributed by atoms with E-state index in [2.05, 4.69) is 27.3 Å². The quantitative estimate of drug-likeness (QED) is 0.341. The van der Waals surface area contributed by atoms with E-state index in [0.717, 1.165) is 62.8 Å². The number of aliphatic imine (C=N–C) groups is 1. The lowest BCUT2D eigenvalue weighted by Gasteiger charge is -2.34. The highest BCUT2D eigenvalue weighted by Crippen LogP contribution is 2.30. The third-order valence-corrected chi connectivity index (χ3v) is 5.47. The van der Waals surface area contributed by atoms with Crippen LogP contribution in [0.2, 0.25) is 0 Å². The van der Waals surface area contributed by atoms with Crippen LogP contribution in [0.3, 0.4) is 0 Å². The minimum Gasteiger partial charge on any atom is -0.493 e. The average molecular weight is 442 g/mol. The summed E-state index contributed by atoms with van der Waals surface area (Å²) in [5, 5.41) is 3.48. The number of guanidine groups is 1. The van der Waals surface area contributed by atoms with Gasteiger partial charge in [-0.15, -0.1) is 0 Å². The highest BCUT2D eigenvalue weighted by molar-refractivity contribution is 5.80. The maximum Gasteiger partial charge on any atom is 0.193 e. The predicted molar refractivity (Wildman–Crippen MR) is 127 cm³/mol. The number of nitrogens with zero attached hydrogens (tertiary/aromatic N) is 2. The Balaban J connectivity index is 1.44. The van der Waals surface area contributed by atoms with Crippen LogP contribution >= 0.6 is 0 Å². The van der Waals surface area contributed by atoms with Crippen molar-refractivity contribution in [2.24, 2.45) is 4.99 Å². The maximum atomic E-state index is 5.96. The monoisotopic (exact) mass is 441 g/mol. The lowest BCUT2D eigenvalue weighted by atomic mass is 10.1. The lowest BCUT2D eigenvalue weighted by Crippen LogP contribution is -2.46. The molecule has 2 aromatic carbocycles. The molecule has 32 heavy (non-hydrogen) atoms. The summed E-state index contributed by atoms with van der Waals surface area (Å²) in [6, 6.07) is 15.7. The van der Waals surface area contributed by atoms with Gasteiger partial charge in [0.25, 0.3) is 0 Å². The molecular weight excluding hydrogens is 406 g/mol. The van der Waals surface area contributed by atoms with Crippen molar-refractivity contribution in [3.63, 3.8) is 0 Å². The van der Waals surface area contributed by atoms with Gasteiger partial charge < -0.3 is 29.2 Å². The summed E-state index contributed by atoms with van der Waals surface area (Å²) in [7, 11) is 5.20. The highest BCUT2D eigenvalue weighted by atomic mass is 16.5. The molecule has 0 amide bonds. The maximum absolute atomic E-state index is 5.96. The first-order chi connectivity index (χ1) is 15.7. The van der Waals surface area contributed by atoms with Crippen LogP contribution in [0, 0.1) is 0 Å². The zero-order valence-corrected chi connectivity index (χ0v) is 19.4. The Hall–Kier alpha value is -2.77. The molecule has 174 valence electrons. The molecule has 0 spiro atoms. The van der Waals surface area contributed by atoms with Crippen molar-refractivity contribution in [3.05, 3.63) is 54.1 Å². The summed E-state index contributed by atoms with van der Waals surface area (Å²) in [5.74, 6) is 3.12. The molecule has 1 aliphatic rings. The van der Waals surface area contributed by atoms with E-state index in [1.54, 1.807) is 14.2 Å². The van der Waals surface area contributed by atoms with E-state index in [-0.39, 0.29) is 0 Å². The number of methoxy groups -OCH3 is 2. The summed E-state index contributed by atoms with van der Waals surface area (Å²) in [5.41, 5.74) is 1.16. The van der Waals surface area contributed by atoms with Gasteiger partial charge in [-0.3, -0.25) is 4.99 Å². The molecule has 1 saturated heterocycles. The van der Waals surface area contributed by atoms with Crippen LogP contribution in [0.5, 0.6) is 17.2 Å². The fraction of sp³-hybridized carbons (Fsp3) is 0.480.